The topological polar surface area (TPSA) is 60.3 Å². The Balaban J connectivity index is 2.13. The summed E-state index contributed by atoms with van der Waals surface area (Å²) >= 11 is 0. The summed E-state index contributed by atoms with van der Waals surface area (Å²) in [6, 6.07) is 5.83. The molecule has 0 spiro atoms. The van der Waals surface area contributed by atoms with Gasteiger partial charge >= 0.3 is 5.97 Å². The van der Waals surface area contributed by atoms with Crippen LogP contribution in [0.25, 0.3) is 10.9 Å². The lowest BCUT2D eigenvalue weighted by molar-refractivity contribution is -0.142. The average Bonchev–Trinajstić information content (AvgIpc) is 2.75. The van der Waals surface area contributed by atoms with Gasteiger partial charge in [-0.15, -0.1) is 0 Å². The molecule has 0 bridgehead atoms. The van der Waals surface area contributed by atoms with E-state index < -0.39 is 0 Å². The maximum absolute atomic E-state index is 11.9. The maximum Gasteiger partial charge on any atom is 0.302 e. The first-order chi connectivity index (χ1) is 9.16. The monoisotopic (exact) mass is 258 g/mol. The van der Waals surface area contributed by atoms with Gasteiger partial charge in [-0.1, -0.05) is 12.1 Å². The lowest BCUT2D eigenvalue weighted by atomic mass is 10.1. The van der Waals surface area contributed by atoms with Crippen LogP contribution in [0.3, 0.4) is 0 Å². The van der Waals surface area contributed by atoms with Crippen molar-refractivity contribution in [3.05, 3.63) is 35.5 Å². The number of hydrogen-bond donors (Lipinski definition) is 1. The molecule has 0 aliphatic carbocycles. The average molecular weight is 258 g/mol. The minimum atomic E-state index is -0.307. The summed E-state index contributed by atoms with van der Waals surface area (Å²) in [6.45, 7) is 2.62. The molecule has 1 N–H and O–H groups in total. The molecule has 19 heavy (non-hydrogen) atoms. The Morgan fingerprint density at radius 2 is 2.21 bits per heavy atom. The third-order valence-corrected chi connectivity index (χ3v) is 3.31. The summed E-state index contributed by atoms with van der Waals surface area (Å²) in [5, 5.41) is 4.07. The normalized spacial score (nSPS) is 14.5. The molecule has 0 radical (unpaired) electrons. The number of rotatable bonds is 2. The van der Waals surface area contributed by atoms with Crippen LogP contribution < -0.4 is 5.32 Å². The van der Waals surface area contributed by atoms with Crippen LogP contribution in [-0.4, -0.2) is 23.0 Å². The Morgan fingerprint density at radius 3 is 3.00 bits per heavy atom. The van der Waals surface area contributed by atoms with Crippen molar-refractivity contribution in [1.29, 1.82) is 0 Å². The minimum absolute atomic E-state index is 0.0263. The second-order valence-electron chi connectivity index (χ2n) is 4.61. The molecular formula is C14H14N2O3. The molecular weight excluding hydrogens is 244 g/mol. The van der Waals surface area contributed by atoms with E-state index in [9.17, 15) is 9.59 Å². The molecule has 0 unspecified atom stereocenters. The van der Waals surface area contributed by atoms with E-state index in [0.717, 1.165) is 22.0 Å². The Bertz CT molecular complexity index is 673. The number of aromatic nitrogens is 1. The number of carbonyl (C=O) groups is 2. The lowest BCUT2D eigenvalue weighted by Crippen LogP contribution is -2.23. The van der Waals surface area contributed by atoms with Crippen LogP contribution in [0.1, 0.15) is 22.8 Å². The third kappa shape index (κ3) is 2.02. The van der Waals surface area contributed by atoms with Crippen LogP contribution >= 0.6 is 0 Å². The molecule has 0 atom stereocenters. The molecule has 1 aromatic heterocycles. The predicted molar refractivity (Wildman–Crippen MR) is 69.7 cm³/mol. The zero-order chi connectivity index (χ0) is 13.4. The summed E-state index contributed by atoms with van der Waals surface area (Å²) in [4.78, 5) is 22.9. The molecule has 1 aliphatic heterocycles. The van der Waals surface area contributed by atoms with Gasteiger partial charge in [0.1, 0.15) is 6.61 Å². The Labute approximate surface area is 110 Å². The molecule has 0 fully saturated rings. The number of nitrogens with one attached hydrogen (secondary N) is 1. The Hall–Kier alpha value is -2.14. The van der Waals surface area contributed by atoms with Gasteiger partial charge in [0.25, 0.3) is 0 Å². The number of benzene rings is 1. The molecule has 1 aromatic carbocycles. The van der Waals surface area contributed by atoms with Crippen LogP contribution in [0.5, 0.6) is 0 Å². The number of ether oxygens (including phenoxy) is 1. The summed E-state index contributed by atoms with van der Waals surface area (Å²) in [7, 11) is 0. The maximum atomic E-state index is 11.9. The zero-order valence-electron chi connectivity index (χ0n) is 10.6. The smallest absolute Gasteiger partial charge is 0.302 e. The molecule has 1 aliphatic rings. The van der Waals surface area contributed by atoms with Crippen LogP contribution in [0.2, 0.25) is 0 Å². The van der Waals surface area contributed by atoms with Gasteiger partial charge in [0.15, 0.2) is 0 Å². The SMILES string of the molecule is CC(=O)OCc1ccc2c3c1ccn3C(=O)CNC2. The first kappa shape index (κ1) is 11.9. The summed E-state index contributed by atoms with van der Waals surface area (Å²) in [5.41, 5.74) is 2.92. The first-order valence-electron chi connectivity index (χ1n) is 6.16. The van der Waals surface area contributed by atoms with E-state index in [4.69, 9.17) is 4.74 Å². The fourth-order valence-electron chi connectivity index (χ4n) is 2.43. The molecule has 2 heterocycles. The number of nitrogens with zero attached hydrogens (tertiary/aromatic N) is 1. The van der Waals surface area contributed by atoms with Crippen LogP contribution in [0.4, 0.5) is 0 Å². The number of hydrogen-bond acceptors (Lipinski definition) is 4. The van der Waals surface area contributed by atoms with Crippen molar-refractivity contribution in [2.24, 2.45) is 0 Å². The van der Waals surface area contributed by atoms with Crippen molar-refractivity contribution in [3.8, 4) is 0 Å². The van der Waals surface area contributed by atoms with Gasteiger partial charge < -0.3 is 10.1 Å². The molecule has 0 saturated heterocycles. The van der Waals surface area contributed by atoms with Gasteiger partial charge in [-0.3, -0.25) is 14.2 Å². The second kappa shape index (κ2) is 4.51. The van der Waals surface area contributed by atoms with Crippen molar-refractivity contribution in [2.75, 3.05) is 6.54 Å². The van der Waals surface area contributed by atoms with E-state index in [1.54, 1.807) is 10.8 Å². The standard InChI is InChI=1S/C14H14N2O3/c1-9(17)19-8-11-3-2-10-6-15-7-13(18)16-5-4-12(11)14(10)16/h2-5,15H,6-8H2,1H3. The van der Waals surface area contributed by atoms with E-state index >= 15 is 0 Å². The van der Waals surface area contributed by atoms with Gasteiger partial charge in [-0.25, -0.2) is 0 Å². The molecule has 5 heteroatoms. The Morgan fingerprint density at radius 1 is 1.37 bits per heavy atom. The van der Waals surface area contributed by atoms with E-state index in [2.05, 4.69) is 5.32 Å². The van der Waals surface area contributed by atoms with Crippen molar-refractivity contribution < 1.29 is 14.3 Å². The van der Waals surface area contributed by atoms with Crippen molar-refractivity contribution in [2.45, 2.75) is 20.1 Å². The van der Waals surface area contributed by atoms with Crippen molar-refractivity contribution >= 4 is 22.8 Å². The highest BCUT2D eigenvalue weighted by atomic mass is 16.5. The van der Waals surface area contributed by atoms with E-state index in [-0.39, 0.29) is 18.5 Å². The van der Waals surface area contributed by atoms with Gasteiger partial charge in [-0.05, 0) is 17.2 Å². The van der Waals surface area contributed by atoms with Crippen molar-refractivity contribution in [3.63, 3.8) is 0 Å². The van der Waals surface area contributed by atoms with Gasteiger partial charge in [0.2, 0.25) is 5.91 Å². The third-order valence-electron chi connectivity index (χ3n) is 3.31. The van der Waals surface area contributed by atoms with Crippen molar-refractivity contribution in [1.82, 2.24) is 9.88 Å². The highest BCUT2D eigenvalue weighted by Crippen LogP contribution is 2.26. The van der Waals surface area contributed by atoms with Gasteiger partial charge in [-0.2, -0.15) is 0 Å². The van der Waals surface area contributed by atoms with E-state index in [0.29, 0.717) is 13.1 Å². The van der Waals surface area contributed by atoms with Crippen LogP contribution in [0, 0.1) is 0 Å². The van der Waals surface area contributed by atoms with Crippen LogP contribution in [0.15, 0.2) is 24.4 Å². The summed E-state index contributed by atoms with van der Waals surface area (Å²) < 4.78 is 6.71. The van der Waals surface area contributed by atoms with Gasteiger partial charge in [0.05, 0.1) is 12.1 Å². The largest absolute Gasteiger partial charge is 0.461 e. The minimum Gasteiger partial charge on any atom is -0.461 e. The molecule has 0 amide bonds. The highest BCUT2D eigenvalue weighted by molar-refractivity contribution is 5.97. The predicted octanol–water partition coefficient (Wildman–Crippen LogP) is 1.45. The van der Waals surface area contributed by atoms with E-state index in [1.165, 1.54) is 6.92 Å². The number of carbonyl (C=O) groups excluding carboxylic acids is 2. The lowest BCUT2D eigenvalue weighted by Gasteiger charge is -2.08. The van der Waals surface area contributed by atoms with Gasteiger partial charge in [0, 0.05) is 25.1 Å². The molecule has 2 aromatic rings. The molecule has 5 nitrogen and oxygen atoms in total. The quantitative estimate of drug-likeness (QED) is 0.828. The summed E-state index contributed by atoms with van der Waals surface area (Å²) in [6.07, 6.45) is 1.78. The Kier molecular flexibility index (Phi) is 2.83. The fourth-order valence-corrected chi connectivity index (χ4v) is 2.43. The van der Waals surface area contributed by atoms with E-state index in [1.807, 2.05) is 18.2 Å². The molecule has 3 rings (SSSR count). The van der Waals surface area contributed by atoms with Crippen LogP contribution in [-0.2, 0) is 22.7 Å². The highest BCUT2D eigenvalue weighted by Gasteiger charge is 2.18. The number of esters is 1. The molecule has 0 saturated carbocycles. The summed E-state index contributed by atoms with van der Waals surface area (Å²) in [5.74, 6) is -0.280. The fraction of sp³-hybridized carbons (Fsp3) is 0.286. The second-order valence-corrected chi connectivity index (χ2v) is 4.61. The zero-order valence-corrected chi connectivity index (χ0v) is 10.6. The first-order valence-corrected chi connectivity index (χ1v) is 6.16. The molecule has 98 valence electrons.